The number of hydrogen-bond donors (Lipinski definition) is 2. The lowest BCUT2D eigenvalue weighted by molar-refractivity contribution is -0.137. The van der Waals surface area contributed by atoms with E-state index in [0.29, 0.717) is 11.3 Å². The average Bonchev–Trinajstić information content (AvgIpc) is 2.28. The van der Waals surface area contributed by atoms with Crippen molar-refractivity contribution in [1.29, 1.82) is 5.26 Å². The van der Waals surface area contributed by atoms with Crippen LogP contribution in [-0.4, -0.2) is 35.6 Å². The summed E-state index contributed by atoms with van der Waals surface area (Å²) in [6, 6.07) is 7.77. The first-order valence-electron chi connectivity index (χ1n) is 4.77. The Morgan fingerprint density at radius 2 is 2.24 bits per heavy atom. The second-order valence-electron chi connectivity index (χ2n) is 3.37. The summed E-state index contributed by atoms with van der Waals surface area (Å²) >= 11 is 0. The maximum atomic E-state index is 11.5. The van der Waals surface area contributed by atoms with Gasteiger partial charge in [-0.15, -0.1) is 0 Å². The van der Waals surface area contributed by atoms with Gasteiger partial charge in [-0.05, 0) is 18.2 Å². The molecule has 0 bridgehead atoms. The van der Waals surface area contributed by atoms with Gasteiger partial charge in [-0.2, -0.15) is 5.26 Å². The van der Waals surface area contributed by atoms with Gasteiger partial charge < -0.3 is 15.3 Å². The van der Waals surface area contributed by atoms with Gasteiger partial charge in [0, 0.05) is 12.7 Å². The molecule has 1 aromatic carbocycles. The van der Waals surface area contributed by atoms with Crippen molar-refractivity contribution in [2.75, 3.05) is 18.9 Å². The van der Waals surface area contributed by atoms with Crippen molar-refractivity contribution in [2.24, 2.45) is 0 Å². The van der Waals surface area contributed by atoms with Gasteiger partial charge in [0.25, 0.3) is 0 Å². The smallest absolute Gasteiger partial charge is 0.323 e. The summed E-state index contributed by atoms with van der Waals surface area (Å²) in [5.74, 6) is -1.09. The highest BCUT2D eigenvalue weighted by Gasteiger charge is 2.11. The number of amides is 2. The van der Waals surface area contributed by atoms with Crippen LogP contribution in [0.4, 0.5) is 10.5 Å². The van der Waals surface area contributed by atoms with Crippen LogP contribution in [0.1, 0.15) is 5.56 Å². The normalized spacial score (nSPS) is 9.18. The lowest BCUT2D eigenvalue weighted by atomic mass is 10.2. The van der Waals surface area contributed by atoms with Crippen LogP contribution in [0.2, 0.25) is 0 Å². The van der Waals surface area contributed by atoms with Gasteiger partial charge in [0.05, 0.1) is 11.6 Å². The fraction of sp³-hybridized carbons (Fsp3) is 0.182. The number of nitrogens with zero attached hydrogens (tertiary/aromatic N) is 2. The van der Waals surface area contributed by atoms with Crippen LogP contribution < -0.4 is 5.32 Å². The van der Waals surface area contributed by atoms with E-state index in [1.165, 1.54) is 13.1 Å². The van der Waals surface area contributed by atoms with E-state index in [2.05, 4.69) is 5.32 Å². The Morgan fingerprint density at radius 3 is 2.82 bits per heavy atom. The van der Waals surface area contributed by atoms with E-state index in [4.69, 9.17) is 10.4 Å². The monoisotopic (exact) mass is 233 g/mol. The van der Waals surface area contributed by atoms with Gasteiger partial charge in [-0.25, -0.2) is 4.79 Å². The van der Waals surface area contributed by atoms with Crippen molar-refractivity contribution in [3.63, 3.8) is 0 Å². The Morgan fingerprint density at radius 1 is 1.53 bits per heavy atom. The van der Waals surface area contributed by atoms with Crippen molar-refractivity contribution < 1.29 is 14.7 Å². The van der Waals surface area contributed by atoms with Gasteiger partial charge in [-0.3, -0.25) is 4.79 Å². The molecule has 0 fully saturated rings. The summed E-state index contributed by atoms with van der Waals surface area (Å²) < 4.78 is 0. The molecule has 0 unspecified atom stereocenters. The minimum Gasteiger partial charge on any atom is -0.480 e. The van der Waals surface area contributed by atoms with Crippen LogP contribution in [0.15, 0.2) is 24.3 Å². The van der Waals surface area contributed by atoms with E-state index in [1.807, 2.05) is 6.07 Å². The van der Waals surface area contributed by atoms with Crippen molar-refractivity contribution in [1.82, 2.24) is 4.90 Å². The molecule has 0 saturated heterocycles. The molecule has 0 spiro atoms. The molecule has 6 heteroatoms. The number of aliphatic carboxylic acids is 1. The van der Waals surface area contributed by atoms with Crippen LogP contribution in [0, 0.1) is 11.3 Å². The second kappa shape index (κ2) is 5.51. The largest absolute Gasteiger partial charge is 0.480 e. The molecule has 0 aromatic heterocycles. The summed E-state index contributed by atoms with van der Waals surface area (Å²) in [5, 5.41) is 19.7. The van der Waals surface area contributed by atoms with Crippen LogP contribution in [0.3, 0.4) is 0 Å². The highest BCUT2D eigenvalue weighted by molar-refractivity contribution is 5.91. The number of urea groups is 1. The van der Waals surface area contributed by atoms with Crippen LogP contribution in [0.25, 0.3) is 0 Å². The van der Waals surface area contributed by atoms with E-state index in [-0.39, 0.29) is 6.54 Å². The average molecular weight is 233 g/mol. The first-order valence-corrected chi connectivity index (χ1v) is 4.77. The number of anilines is 1. The number of carboxylic acid groups (broad SMARTS) is 1. The first kappa shape index (κ1) is 12.5. The Balaban J connectivity index is 2.68. The Kier molecular flexibility index (Phi) is 4.06. The molecule has 1 aromatic rings. The van der Waals surface area contributed by atoms with E-state index in [0.717, 1.165) is 4.90 Å². The molecule has 17 heavy (non-hydrogen) atoms. The standard InChI is InChI=1S/C11H11N3O3/c1-14(7-10(15)16)11(17)13-9-4-2-3-8(5-9)6-12/h2-5H,7H2,1H3,(H,13,17)(H,15,16). The number of carboxylic acids is 1. The van der Waals surface area contributed by atoms with Crippen LogP contribution in [0.5, 0.6) is 0 Å². The first-order chi connectivity index (χ1) is 8.02. The molecule has 0 saturated carbocycles. The topological polar surface area (TPSA) is 93.4 Å². The molecule has 6 nitrogen and oxygen atoms in total. The zero-order valence-corrected chi connectivity index (χ0v) is 9.17. The minimum atomic E-state index is -1.09. The van der Waals surface area contributed by atoms with Crippen molar-refractivity contribution in [3.05, 3.63) is 29.8 Å². The number of rotatable bonds is 3. The number of nitrogens with one attached hydrogen (secondary N) is 1. The molecular weight excluding hydrogens is 222 g/mol. The molecule has 0 radical (unpaired) electrons. The fourth-order valence-electron chi connectivity index (χ4n) is 1.16. The number of carbonyl (C=O) groups excluding carboxylic acids is 1. The molecule has 0 heterocycles. The maximum absolute atomic E-state index is 11.5. The summed E-state index contributed by atoms with van der Waals surface area (Å²) in [4.78, 5) is 22.9. The zero-order valence-electron chi connectivity index (χ0n) is 9.17. The molecule has 0 aliphatic rings. The number of nitriles is 1. The Bertz CT molecular complexity index is 479. The predicted octanol–water partition coefficient (Wildman–Crippen LogP) is 1.11. The van der Waals surface area contributed by atoms with Crippen molar-refractivity contribution in [2.45, 2.75) is 0 Å². The Hall–Kier alpha value is -2.55. The van der Waals surface area contributed by atoms with Gasteiger partial charge in [0.2, 0.25) is 0 Å². The number of benzene rings is 1. The van der Waals surface area contributed by atoms with E-state index in [9.17, 15) is 9.59 Å². The minimum absolute atomic E-state index is 0.385. The lowest BCUT2D eigenvalue weighted by Crippen LogP contribution is -2.35. The summed E-state index contributed by atoms with van der Waals surface area (Å²) in [7, 11) is 1.37. The maximum Gasteiger partial charge on any atom is 0.323 e. The Labute approximate surface area is 98.1 Å². The number of likely N-dealkylation sites (N-methyl/N-ethyl adjacent to an activating group) is 1. The van der Waals surface area contributed by atoms with E-state index < -0.39 is 12.0 Å². The molecule has 2 N–H and O–H groups in total. The molecular formula is C11H11N3O3. The third-order valence-corrected chi connectivity index (χ3v) is 1.96. The third kappa shape index (κ3) is 3.83. The van der Waals surface area contributed by atoms with Crippen molar-refractivity contribution >= 4 is 17.7 Å². The zero-order chi connectivity index (χ0) is 12.8. The van der Waals surface area contributed by atoms with Gasteiger partial charge >= 0.3 is 12.0 Å². The second-order valence-corrected chi connectivity index (χ2v) is 3.37. The molecule has 88 valence electrons. The fourth-order valence-corrected chi connectivity index (χ4v) is 1.16. The number of carbonyl (C=O) groups is 2. The van der Waals surface area contributed by atoms with Gasteiger partial charge in [-0.1, -0.05) is 6.07 Å². The molecule has 0 atom stereocenters. The van der Waals surface area contributed by atoms with Crippen LogP contribution >= 0.6 is 0 Å². The summed E-state index contributed by atoms with van der Waals surface area (Å²) in [6.07, 6.45) is 0. The molecule has 2 amide bonds. The third-order valence-electron chi connectivity index (χ3n) is 1.96. The quantitative estimate of drug-likeness (QED) is 0.817. The van der Waals surface area contributed by atoms with E-state index in [1.54, 1.807) is 18.2 Å². The molecule has 1 rings (SSSR count). The van der Waals surface area contributed by atoms with E-state index >= 15 is 0 Å². The van der Waals surface area contributed by atoms with Gasteiger partial charge in [0.1, 0.15) is 6.54 Å². The predicted molar refractivity (Wildman–Crippen MR) is 60.4 cm³/mol. The summed E-state index contributed by atoms with van der Waals surface area (Å²) in [6.45, 7) is -0.385. The van der Waals surface area contributed by atoms with Crippen LogP contribution in [-0.2, 0) is 4.79 Å². The van der Waals surface area contributed by atoms with Crippen molar-refractivity contribution in [3.8, 4) is 6.07 Å². The van der Waals surface area contributed by atoms with Gasteiger partial charge in [0.15, 0.2) is 0 Å². The highest BCUT2D eigenvalue weighted by Crippen LogP contribution is 2.10. The lowest BCUT2D eigenvalue weighted by Gasteiger charge is -2.15. The summed E-state index contributed by atoms with van der Waals surface area (Å²) in [5.41, 5.74) is 0.870. The molecule has 0 aliphatic heterocycles. The SMILES string of the molecule is CN(CC(=O)O)C(=O)Nc1cccc(C#N)c1. The molecule has 0 aliphatic carbocycles. The number of hydrogen-bond acceptors (Lipinski definition) is 3. The highest BCUT2D eigenvalue weighted by atomic mass is 16.4.